The second-order valence-electron chi connectivity index (χ2n) is 4.05. The van der Waals surface area contributed by atoms with E-state index in [9.17, 15) is 9.18 Å². The van der Waals surface area contributed by atoms with Crippen LogP contribution in [0.1, 0.15) is 0 Å². The van der Waals surface area contributed by atoms with Crippen molar-refractivity contribution in [1.29, 1.82) is 0 Å². The summed E-state index contributed by atoms with van der Waals surface area (Å²) in [7, 11) is 1.37. The highest BCUT2D eigenvalue weighted by Crippen LogP contribution is 2.21. The number of amides is 2. The first-order chi connectivity index (χ1) is 9.58. The Morgan fingerprint density at radius 3 is 2.45 bits per heavy atom. The van der Waals surface area contributed by atoms with Gasteiger partial charge in [0.2, 0.25) is 0 Å². The van der Waals surface area contributed by atoms with Gasteiger partial charge in [0.05, 0.1) is 7.11 Å². The summed E-state index contributed by atoms with van der Waals surface area (Å²) in [5.74, 6) is -0.430. The van der Waals surface area contributed by atoms with Crippen molar-refractivity contribution in [1.82, 2.24) is 0 Å². The molecule has 2 aromatic carbocycles. The molecule has 2 rings (SSSR count). The maximum absolute atomic E-state index is 13.5. The average molecular weight is 275 g/mol. The van der Waals surface area contributed by atoms with Crippen LogP contribution < -0.4 is 21.1 Å². The molecule has 2 amide bonds. The molecule has 0 aliphatic heterocycles. The topological polar surface area (TPSA) is 76.4 Å². The lowest BCUT2D eigenvalue weighted by Crippen LogP contribution is -2.19. The molecule has 0 unspecified atom stereocenters. The van der Waals surface area contributed by atoms with E-state index in [1.807, 2.05) is 0 Å². The lowest BCUT2D eigenvalue weighted by Gasteiger charge is -2.09. The Morgan fingerprint density at radius 1 is 1.15 bits per heavy atom. The zero-order chi connectivity index (χ0) is 14.5. The van der Waals surface area contributed by atoms with Crippen molar-refractivity contribution in [3.05, 3.63) is 48.3 Å². The summed E-state index contributed by atoms with van der Waals surface area (Å²) in [4.78, 5) is 11.7. The molecule has 5 nitrogen and oxygen atoms in total. The minimum Gasteiger partial charge on any atom is -0.494 e. The van der Waals surface area contributed by atoms with Gasteiger partial charge in [-0.05, 0) is 30.3 Å². The number of anilines is 3. The number of benzene rings is 2. The molecule has 4 N–H and O–H groups in total. The van der Waals surface area contributed by atoms with E-state index < -0.39 is 11.8 Å². The molecular weight excluding hydrogens is 261 g/mol. The van der Waals surface area contributed by atoms with Gasteiger partial charge in [-0.1, -0.05) is 6.07 Å². The number of nitrogens with two attached hydrogens (primary N) is 1. The highest BCUT2D eigenvalue weighted by atomic mass is 19.1. The molecule has 6 heteroatoms. The number of nitrogen functional groups attached to an aromatic ring is 1. The Hall–Kier alpha value is -2.76. The molecule has 2 aromatic rings. The first kappa shape index (κ1) is 13.7. The Bertz CT molecular complexity index is 632. The molecule has 0 atom stereocenters. The molecule has 104 valence electrons. The fourth-order valence-corrected chi connectivity index (χ4v) is 1.65. The van der Waals surface area contributed by atoms with E-state index in [0.29, 0.717) is 17.1 Å². The van der Waals surface area contributed by atoms with Crippen molar-refractivity contribution >= 4 is 23.1 Å². The van der Waals surface area contributed by atoms with Crippen molar-refractivity contribution in [3.63, 3.8) is 0 Å². The van der Waals surface area contributed by atoms with E-state index in [-0.39, 0.29) is 5.75 Å². The van der Waals surface area contributed by atoms with Crippen LogP contribution in [0.4, 0.5) is 26.2 Å². The minimum absolute atomic E-state index is 0.117. The Morgan fingerprint density at radius 2 is 1.85 bits per heavy atom. The molecule has 0 spiro atoms. The Balaban J connectivity index is 2.03. The summed E-state index contributed by atoms with van der Waals surface area (Å²) in [5.41, 5.74) is 7.02. The summed E-state index contributed by atoms with van der Waals surface area (Å²) in [5, 5.41) is 5.11. The molecule has 0 fully saturated rings. The van der Waals surface area contributed by atoms with Crippen LogP contribution in [-0.2, 0) is 0 Å². The average Bonchev–Trinajstić information content (AvgIpc) is 2.38. The highest BCUT2D eigenvalue weighted by molar-refractivity contribution is 6.00. The van der Waals surface area contributed by atoms with Gasteiger partial charge in [0.15, 0.2) is 11.6 Å². The van der Waals surface area contributed by atoms with E-state index in [2.05, 4.69) is 10.6 Å². The van der Waals surface area contributed by atoms with Crippen molar-refractivity contribution in [3.8, 4) is 5.75 Å². The van der Waals surface area contributed by atoms with Crippen LogP contribution in [0.15, 0.2) is 42.5 Å². The predicted octanol–water partition coefficient (Wildman–Crippen LogP) is 3.06. The summed E-state index contributed by atoms with van der Waals surface area (Å²) >= 11 is 0. The van der Waals surface area contributed by atoms with Crippen LogP contribution in [0, 0.1) is 5.82 Å². The fraction of sp³-hybridized carbons (Fsp3) is 0.0714. The molecule has 0 aromatic heterocycles. The van der Waals surface area contributed by atoms with Gasteiger partial charge >= 0.3 is 6.03 Å². The third-order valence-corrected chi connectivity index (χ3v) is 2.55. The summed E-state index contributed by atoms with van der Waals surface area (Å²) in [6, 6.07) is 10.4. The number of halogens is 1. The Kier molecular flexibility index (Phi) is 4.05. The van der Waals surface area contributed by atoms with E-state index in [0.717, 1.165) is 0 Å². The van der Waals surface area contributed by atoms with Gasteiger partial charge < -0.3 is 21.1 Å². The third kappa shape index (κ3) is 3.38. The molecule has 0 bridgehead atoms. The van der Waals surface area contributed by atoms with Crippen molar-refractivity contribution < 1.29 is 13.9 Å². The first-order valence-corrected chi connectivity index (χ1v) is 5.85. The Labute approximate surface area is 115 Å². The molecular formula is C14H14FN3O2. The largest absolute Gasteiger partial charge is 0.494 e. The number of methoxy groups -OCH3 is 1. The van der Waals surface area contributed by atoms with Crippen molar-refractivity contribution in [2.75, 3.05) is 23.5 Å². The van der Waals surface area contributed by atoms with Crippen LogP contribution >= 0.6 is 0 Å². The maximum Gasteiger partial charge on any atom is 0.323 e. The van der Waals surface area contributed by atoms with Gasteiger partial charge in [-0.3, -0.25) is 0 Å². The monoisotopic (exact) mass is 275 g/mol. The number of hydrogen-bond donors (Lipinski definition) is 3. The van der Waals surface area contributed by atoms with Gasteiger partial charge in [-0.15, -0.1) is 0 Å². The van der Waals surface area contributed by atoms with Crippen LogP contribution in [0.2, 0.25) is 0 Å². The second kappa shape index (κ2) is 5.92. The zero-order valence-corrected chi connectivity index (χ0v) is 10.8. The molecule has 20 heavy (non-hydrogen) atoms. The van der Waals surface area contributed by atoms with Crippen molar-refractivity contribution in [2.24, 2.45) is 0 Å². The number of urea groups is 1. The minimum atomic E-state index is -0.547. The molecule has 0 saturated heterocycles. The molecule has 0 aliphatic carbocycles. The number of carbonyl (C=O) groups is 1. The zero-order valence-electron chi connectivity index (χ0n) is 10.8. The number of hydrogen-bond acceptors (Lipinski definition) is 3. The first-order valence-electron chi connectivity index (χ1n) is 5.85. The third-order valence-electron chi connectivity index (χ3n) is 2.55. The summed E-state index contributed by atoms with van der Waals surface area (Å²) in [6.45, 7) is 0. The number of ether oxygens (including phenoxy) is 1. The molecule has 0 aliphatic rings. The lowest BCUT2D eigenvalue weighted by atomic mass is 10.3. The van der Waals surface area contributed by atoms with E-state index >= 15 is 0 Å². The maximum atomic E-state index is 13.5. The fourth-order valence-electron chi connectivity index (χ4n) is 1.65. The van der Waals surface area contributed by atoms with Crippen LogP contribution in [0.25, 0.3) is 0 Å². The lowest BCUT2D eigenvalue weighted by molar-refractivity contribution is 0.262. The molecule has 0 saturated carbocycles. The van der Waals surface area contributed by atoms with Crippen LogP contribution in [-0.4, -0.2) is 13.1 Å². The number of carbonyl (C=O) groups excluding carboxylic acids is 1. The molecule has 0 heterocycles. The quantitative estimate of drug-likeness (QED) is 0.753. The van der Waals surface area contributed by atoms with Gasteiger partial charge in [0, 0.05) is 23.1 Å². The van der Waals surface area contributed by atoms with Crippen molar-refractivity contribution in [2.45, 2.75) is 0 Å². The van der Waals surface area contributed by atoms with Gasteiger partial charge in [-0.2, -0.15) is 0 Å². The van der Waals surface area contributed by atoms with Crippen LogP contribution in [0.3, 0.4) is 0 Å². The number of rotatable bonds is 3. The summed E-state index contributed by atoms with van der Waals surface area (Å²) < 4.78 is 18.3. The van der Waals surface area contributed by atoms with E-state index in [4.69, 9.17) is 10.5 Å². The standard InChI is InChI=1S/C14H14FN3O2/c1-20-13-6-5-11(8-12(13)15)18-14(19)17-10-4-2-3-9(16)7-10/h2-8H,16H2,1H3,(H2,17,18,19). The smallest absolute Gasteiger partial charge is 0.323 e. The second-order valence-corrected chi connectivity index (χ2v) is 4.05. The van der Waals surface area contributed by atoms with Gasteiger partial charge in [0.1, 0.15) is 0 Å². The number of nitrogens with one attached hydrogen (secondary N) is 2. The SMILES string of the molecule is COc1ccc(NC(=O)Nc2cccc(N)c2)cc1F. The van der Waals surface area contributed by atoms with Gasteiger partial charge in [-0.25, -0.2) is 9.18 Å². The van der Waals surface area contributed by atoms with E-state index in [1.165, 1.54) is 19.2 Å². The highest BCUT2D eigenvalue weighted by Gasteiger charge is 2.06. The van der Waals surface area contributed by atoms with E-state index in [1.54, 1.807) is 30.3 Å². The predicted molar refractivity (Wildman–Crippen MR) is 76.4 cm³/mol. The normalized spacial score (nSPS) is 9.90. The summed E-state index contributed by atoms with van der Waals surface area (Å²) in [6.07, 6.45) is 0. The van der Waals surface area contributed by atoms with Crippen LogP contribution in [0.5, 0.6) is 5.75 Å². The van der Waals surface area contributed by atoms with Gasteiger partial charge in [0.25, 0.3) is 0 Å². The molecule has 0 radical (unpaired) electrons.